The SMILES string of the molecule is CC1=C(C)C(C)CC(N(c2ccccc2)c2ccc3ccc4c(N(c5ccccc5)c5cc(C)c(C)c(C)c5)ccc5ccc2c3c54)=C1. The Bertz CT molecular complexity index is 2360. The summed E-state index contributed by atoms with van der Waals surface area (Å²) < 4.78 is 0. The molecule has 0 aliphatic heterocycles. The van der Waals surface area contributed by atoms with Crippen molar-refractivity contribution in [1.29, 1.82) is 0 Å². The maximum atomic E-state index is 2.51. The normalized spacial score (nSPS) is 15.0. The van der Waals surface area contributed by atoms with Crippen molar-refractivity contribution >= 4 is 60.8 Å². The summed E-state index contributed by atoms with van der Waals surface area (Å²) >= 11 is 0. The lowest BCUT2D eigenvalue weighted by Crippen LogP contribution is -2.21. The van der Waals surface area contributed by atoms with E-state index in [2.05, 4.69) is 179 Å². The van der Waals surface area contributed by atoms with Crippen LogP contribution in [-0.4, -0.2) is 0 Å². The van der Waals surface area contributed by atoms with Gasteiger partial charge < -0.3 is 9.80 Å². The molecule has 7 aromatic carbocycles. The summed E-state index contributed by atoms with van der Waals surface area (Å²) in [6.07, 6.45) is 3.41. The molecule has 1 aliphatic carbocycles. The predicted octanol–water partition coefficient (Wildman–Crippen LogP) is 13.4. The van der Waals surface area contributed by atoms with Gasteiger partial charge in [-0.25, -0.2) is 0 Å². The van der Waals surface area contributed by atoms with Crippen LogP contribution in [0.25, 0.3) is 32.3 Å². The monoisotopic (exact) mass is 622 g/mol. The molecule has 0 bridgehead atoms. The van der Waals surface area contributed by atoms with Crippen LogP contribution in [0.4, 0.5) is 28.4 Å². The van der Waals surface area contributed by atoms with Crippen molar-refractivity contribution in [2.24, 2.45) is 5.92 Å². The third-order valence-electron chi connectivity index (χ3n) is 10.8. The van der Waals surface area contributed by atoms with Gasteiger partial charge in [-0.3, -0.25) is 0 Å². The van der Waals surface area contributed by atoms with Crippen molar-refractivity contribution in [3.63, 3.8) is 0 Å². The fraction of sp³-hybridized carbons (Fsp3) is 0.174. The zero-order valence-corrected chi connectivity index (χ0v) is 28.8. The lowest BCUT2D eigenvalue weighted by atomic mass is 9.87. The van der Waals surface area contributed by atoms with E-state index in [9.17, 15) is 0 Å². The average Bonchev–Trinajstić information content (AvgIpc) is 3.10. The van der Waals surface area contributed by atoms with E-state index in [1.165, 1.54) is 88.6 Å². The second-order valence-electron chi connectivity index (χ2n) is 13.7. The summed E-state index contributed by atoms with van der Waals surface area (Å²) in [6.45, 7) is 13.6. The molecule has 2 nitrogen and oxygen atoms in total. The maximum Gasteiger partial charge on any atom is 0.0540 e. The van der Waals surface area contributed by atoms with Gasteiger partial charge in [0.25, 0.3) is 0 Å². The molecule has 1 aliphatic rings. The predicted molar refractivity (Wildman–Crippen MR) is 208 cm³/mol. The van der Waals surface area contributed by atoms with Gasteiger partial charge in [-0.2, -0.15) is 0 Å². The number of anilines is 5. The first-order valence-electron chi connectivity index (χ1n) is 17.2. The summed E-state index contributed by atoms with van der Waals surface area (Å²) in [5, 5.41) is 7.70. The van der Waals surface area contributed by atoms with E-state index < -0.39 is 0 Å². The zero-order chi connectivity index (χ0) is 33.1. The molecule has 7 aromatic rings. The molecule has 2 heteroatoms. The first-order valence-corrected chi connectivity index (χ1v) is 17.2. The lowest BCUT2D eigenvalue weighted by molar-refractivity contribution is 0.645. The standard InChI is InChI=1S/C46H42N2/c1-29-25-39(26-30(2)33(29)5)47(37-13-9-7-10-14-37)43-23-19-35-18-22-42-44(24-20-36-17-21-41(43)45(35)46(36)42)48(38-15-11-8-12-16-38)40-27-31(3)34(6)32(4)28-40/h7-27,32H,28H2,1-6H3. The molecule has 236 valence electrons. The number of benzene rings is 7. The summed E-state index contributed by atoms with van der Waals surface area (Å²) in [6, 6.07) is 44.9. The molecule has 0 spiro atoms. The highest BCUT2D eigenvalue weighted by molar-refractivity contribution is 6.28. The number of hydrogen-bond acceptors (Lipinski definition) is 2. The van der Waals surface area contributed by atoms with E-state index in [0.29, 0.717) is 5.92 Å². The second kappa shape index (κ2) is 11.7. The van der Waals surface area contributed by atoms with E-state index in [4.69, 9.17) is 0 Å². The Kier molecular flexibility index (Phi) is 7.33. The molecule has 0 saturated heterocycles. The van der Waals surface area contributed by atoms with Crippen molar-refractivity contribution in [3.05, 3.63) is 161 Å². The lowest BCUT2D eigenvalue weighted by Gasteiger charge is -2.34. The van der Waals surface area contributed by atoms with Gasteiger partial charge in [0.05, 0.1) is 11.4 Å². The quantitative estimate of drug-likeness (QED) is 0.170. The van der Waals surface area contributed by atoms with Crippen LogP contribution in [0, 0.1) is 26.7 Å². The Labute approximate surface area is 284 Å². The largest absolute Gasteiger partial charge is 0.314 e. The highest BCUT2D eigenvalue weighted by atomic mass is 15.2. The smallest absolute Gasteiger partial charge is 0.0540 e. The Morgan fingerprint density at radius 3 is 1.52 bits per heavy atom. The van der Waals surface area contributed by atoms with E-state index in [1.807, 2.05) is 0 Å². The molecule has 1 atom stereocenters. The van der Waals surface area contributed by atoms with Gasteiger partial charge in [0.2, 0.25) is 0 Å². The molecule has 8 rings (SSSR count). The maximum absolute atomic E-state index is 2.51. The number of para-hydroxylation sites is 2. The Balaban J connectivity index is 1.40. The van der Waals surface area contributed by atoms with Crippen molar-refractivity contribution in [1.82, 2.24) is 0 Å². The molecule has 0 aromatic heterocycles. The van der Waals surface area contributed by atoms with Gasteiger partial charge in [-0.05, 0) is 140 Å². The summed E-state index contributed by atoms with van der Waals surface area (Å²) in [7, 11) is 0. The molecule has 0 N–H and O–H groups in total. The summed E-state index contributed by atoms with van der Waals surface area (Å²) in [4.78, 5) is 4.95. The minimum atomic E-state index is 0.497. The fourth-order valence-electron chi connectivity index (χ4n) is 7.78. The van der Waals surface area contributed by atoms with E-state index in [-0.39, 0.29) is 0 Å². The third-order valence-corrected chi connectivity index (χ3v) is 10.8. The van der Waals surface area contributed by atoms with Crippen LogP contribution in [0.2, 0.25) is 0 Å². The minimum absolute atomic E-state index is 0.497. The molecule has 0 heterocycles. The van der Waals surface area contributed by atoms with Crippen LogP contribution in [0.1, 0.15) is 43.9 Å². The van der Waals surface area contributed by atoms with Gasteiger partial charge in [0.15, 0.2) is 0 Å². The van der Waals surface area contributed by atoms with E-state index >= 15 is 0 Å². The molecule has 0 radical (unpaired) electrons. The van der Waals surface area contributed by atoms with Crippen LogP contribution in [-0.2, 0) is 0 Å². The van der Waals surface area contributed by atoms with Gasteiger partial charge >= 0.3 is 0 Å². The van der Waals surface area contributed by atoms with Crippen LogP contribution in [0.5, 0.6) is 0 Å². The van der Waals surface area contributed by atoms with Gasteiger partial charge in [0, 0.05) is 33.5 Å². The third kappa shape index (κ3) is 4.86. The molecule has 0 amide bonds. The number of hydrogen-bond donors (Lipinski definition) is 0. The van der Waals surface area contributed by atoms with Crippen molar-refractivity contribution in [2.45, 2.75) is 48.0 Å². The highest BCUT2D eigenvalue weighted by Gasteiger charge is 2.25. The number of aryl methyl sites for hydroxylation is 2. The minimum Gasteiger partial charge on any atom is -0.314 e. The first-order chi connectivity index (χ1) is 23.3. The molecular weight excluding hydrogens is 581 g/mol. The Morgan fingerprint density at radius 1 is 0.521 bits per heavy atom. The van der Waals surface area contributed by atoms with Crippen molar-refractivity contribution in [3.8, 4) is 0 Å². The van der Waals surface area contributed by atoms with E-state index in [0.717, 1.165) is 12.1 Å². The number of allylic oxidation sites excluding steroid dienone is 4. The van der Waals surface area contributed by atoms with Crippen molar-refractivity contribution < 1.29 is 0 Å². The number of nitrogens with zero attached hydrogens (tertiary/aromatic N) is 2. The molecular formula is C46H42N2. The van der Waals surface area contributed by atoms with Gasteiger partial charge in [-0.1, -0.05) is 90.9 Å². The van der Waals surface area contributed by atoms with Crippen LogP contribution >= 0.6 is 0 Å². The summed E-state index contributed by atoms with van der Waals surface area (Å²) in [5.41, 5.74) is 14.1. The zero-order valence-electron chi connectivity index (χ0n) is 28.8. The van der Waals surface area contributed by atoms with Crippen LogP contribution in [0.3, 0.4) is 0 Å². The first kappa shape index (κ1) is 30.0. The van der Waals surface area contributed by atoms with Crippen molar-refractivity contribution in [2.75, 3.05) is 9.80 Å². The topological polar surface area (TPSA) is 6.48 Å². The molecule has 0 saturated carbocycles. The average molecular weight is 623 g/mol. The second-order valence-corrected chi connectivity index (χ2v) is 13.7. The van der Waals surface area contributed by atoms with Crippen LogP contribution < -0.4 is 9.80 Å². The van der Waals surface area contributed by atoms with Gasteiger partial charge in [0.1, 0.15) is 0 Å². The molecule has 1 unspecified atom stereocenters. The number of rotatable bonds is 6. The Morgan fingerprint density at radius 2 is 1.00 bits per heavy atom. The summed E-state index contributed by atoms with van der Waals surface area (Å²) in [5.74, 6) is 0.497. The van der Waals surface area contributed by atoms with E-state index in [1.54, 1.807) is 0 Å². The molecule has 48 heavy (non-hydrogen) atoms. The van der Waals surface area contributed by atoms with Gasteiger partial charge in [-0.15, -0.1) is 0 Å². The Hall–Kier alpha value is -5.34. The fourth-order valence-corrected chi connectivity index (χ4v) is 7.78. The molecule has 0 fully saturated rings. The van der Waals surface area contributed by atoms with Crippen LogP contribution in [0.15, 0.2) is 144 Å². The highest BCUT2D eigenvalue weighted by Crippen LogP contribution is 2.48.